The molecule has 1 atom stereocenters. The molecule has 3 aromatic carbocycles. The SMILES string of the molecule is Cn1cc([C@@H](CC(=O)N2CCN(c3cccc(C(F)(F)F)c3)CC2)c2cccc(Cl)c2)c2ccccc21. The summed E-state index contributed by atoms with van der Waals surface area (Å²) < 4.78 is 41.5. The summed E-state index contributed by atoms with van der Waals surface area (Å²) in [7, 11) is 2.00. The molecule has 1 amide bonds. The van der Waals surface area contributed by atoms with Crippen molar-refractivity contribution in [3.8, 4) is 0 Å². The molecule has 0 N–H and O–H groups in total. The molecule has 37 heavy (non-hydrogen) atoms. The van der Waals surface area contributed by atoms with Gasteiger partial charge in [0.15, 0.2) is 0 Å². The fourth-order valence-electron chi connectivity index (χ4n) is 5.18. The molecule has 5 rings (SSSR count). The van der Waals surface area contributed by atoms with E-state index in [1.165, 1.54) is 12.1 Å². The maximum absolute atomic E-state index is 13.5. The van der Waals surface area contributed by atoms with E-state index in [0.717, 1.165) is 28.1 Å². The second kappa shape index (κ2) is 10.1. The van der Waals surface area contributed by atoms with Crippen molar-refractivity contribution in [2.24, 2.45) is 7.05 Å². The molecular weight excluding hydrogens is 499 g/mol. The van der Waals surface area contributed by atoms with E-state index in [-0.39, 0.29) is 18.2 Å². The third-order valence-electron chi connectivity index (χ3n) is 7.10. The molecule has 0 bridgehead atoms. The lowest BCUT2D eigenvalue weighted by Crippen LogP contribution is -2.49. The number of hydrogen-bond donors (Lipinski definition) is 0. The van der Waals surface area contributed by atoms with Crippen LogP contribution in [0.3, 0.4) is 0 Å². The lowest BCUT2D eigenvalue weighted by Gasteiger charge is -2.37. The Bertz CT molecular complexity index is 1420. The minimum atomic E-state index is -4.38. The van der Waals surface area contributed by atoms with Gasteiger partial charge in [0, 0.05) is 73.4 Å². The first-order valence-electron chi connectivity index (χ1n) is 12.2. The number of fused-ring (bicyclic) bond motifs is 1. The Morgan fingerprint density at radius 1 is 0.946 bits per heavy atom. The summed E-state index contributed by atoms with van der Waals surface area (Å²) in [6.07, 6.45) is -2.03. The van der Waals surface area contributed by atoms with Crippen LogP contribution in [0.15, 0.2) is 79.0 Å². The third-order valence-corrected chi connectivity index (χ3v) is 7.34. The van der Waals surface area contributed by atoms with Crippen molar-refractivity contribution < 1.29 is 18.0 Å². The Morgan fingerprint density at radius 2 is 1.68 bits per heavy atom. The highest BCUT2D eigenvalue weighted by atomic mass is 35.5. The normalized spacial score (nSPS) is 15.3. The average molecular weight is 526 g/mol. The number of benzene rings is 3. The maximum atomic E-state index is 13.5. The van der Waals surface area contributed by atoms with Gasteiger partial charge in [-0.2, -0.15) is 13.2 Å². The number of halogens is 4. The van der Waals surface area contributed by atoms with Gasteiger partial charge in [0.25, 0.3) is 0 Å². The standard InChI is InChI=1S/C29H27ClF3N3O/c1-34-19-26(24-10-2-3-11-27(24)34)25(20-6-4-8-22(30)16-20)18-28(37)36-14-12-35(13-15-36)23-9-5-7-21(17-23)29(31,32)33/h2-11,16-17,19,25H,12-15,18H2,1H3/t25-/m0/s1. The van der Waals surface area contributed by atoms with Crippen molar-refractivity contribution in [1.29, 1.82) is 0 Å². The van der Waals surface area contributed by atoms with Crippen molar-refractivity contribution in [2.45, 2.75) is 18.5 Å². The van der Waals surface area contributed by atoms with Gasteiger partial charge in [0.05, 0.1) is 5.56 Å². The van der Waals surface area contributed by atoms with Crippen LogP contribution < -0.4 is 4.90 Å². The van der Waals surface area contributed by atoms with E-state index in [0.29, 0.717) is 36.9 Å². The van der Waals surface area contributed by atoms with Gasteiger partial charge in [-0.05, 0) is 47.5 Å². The number of alkyl halides is 3. The first-order chi connectivity index (χ1) is 17.7. The van der Waals surface area contributed by atoms with Crippen LogP contribution in [-0.2, 0) is 18.0 Å². The predicted octanol–water partition coefficient (Wildman–Crippen LogP) is 6.72. The molecule has 1 aliphatic rings. The van der Waals surface area contributed by atoms with Gasteiger partial charge in [0.2, 0.25) is 5.91 Å². The Morgan fingerprint density at radius 3 is 2.41 bits per heavy atom. The van der Waals surface area contributed by atoms with Gasteiger partial charge >= 0.3 is 6.18 Å². The number of hydrogen-bond acceptors (Lipinski definition) is 2. The zero-order chi connectivity index (χ0) is 26.2. The fraction of sp³-hybridized carbons (Fsp3) is 0.276. The molecule has 1 fully saturated rings. The van der Waals surface area contributed by atoms with Crippen molar-refractivity contribution >= 4 is 34.1 Å². The highest BCUT2D eigenvalue weighted by molar-refractivity contribution is 6.30. The second-order valence-electron chi connectivity index (χ2n) is 9.44. The highest BCUT2D eigenvalue weighted by Gasteiger charge is 2.32. The molecule has 1 saturated heterocycles. The summed E-state index contributed by atoms with van der Waals surface area (Å²) in [4.78, 5) is 17.2. The van der Waals surface area contributed by atoms with Crippen molar-refractivity contribution in [3.05, 3.63) is 101 Å². The number of aromatic nitrogens is 1. The molecule has 0 radical (unpaired) electrons. The van der Waals surface area contributed by atoms with Crippen LogP contribution in [0, 0.1) is 0 Å². The number of rotatable bonds is 5. The summed E-state index contributed by atoms with van der Waals surface area (Å²) in [5.41, 5.74) is 2.99. The second-order valence-corrected chi connectivity index (χ2v) is 9.88. The number of anilines is 1. The van der Waals surface area contributed by atoms with Gasteiger partial charge < -0.3 is 14.4 Å². The smallest absolute Gasteiger partial charge is 0.368 e. The molecule has 8 heteroatoms. The Hall–Kier alpha value is -3.45. The number of carbonyl (C=O) groups is 1. The number of amides is 1. The quantitative estimate of drug-likeness (QED) is 0.289. The van der Waals surface area contributed by atoms with E-state index in [1.807, 2.05) is 53.2 Å². The van der Waals surface area contributed by atoms with E-state index in [1.54, 1.807) is 6.07 Å². The number of para-hydroxylation sites is 1. The average Bonchev–Trinajstić information content (AvgIpc) is 3.23. The molecule has 2 heterocycles. The zero-order valence-electron chi connectivity index (χ0n) is 20.4. The summed E-state index contributed by atoms with van der Waals surface area (Å²) in [5, 5.41) is 1.71. The lowest BCUT2D eigenvalue weighted by molar-refractivity contribution is -0.137. The van der Waals surface area contributed by atoms with Crippen LogP contribution in [0.1, 0.15) is 29.0 Å². The number of carbonyl (C=O) groups excluding carboxylic acids is 1. The summed E-state index contributed by atoms with van der Waals surface area (Å²) in [6.45, 7) is 1.85. The third kappa shape index (κ3) is 5.32. The number of piperazine rings is 1. The number of nitrogens with zero attached hydrogens (tertiary/aromatic N) is 3. The van der Waals surface area contributed by atoms with Gasteiger partial charge in [-0.25, -0.2) is 0 Å². The number of aryl methyl sites for hydroxylation is 1. The van der Waals surface area contributed by atoms with Crippen LogP contribution in [0.5, 0.6) is 0 Å². The van der Waals surface area contributed by atoms with E-state index >= 15 is 0 Å². The molecular formula is C29H27ClF3N3O. The van der Waals surface area contributed by atoms with Gasteiger partial charge in [0.1, 0.15) is 0 Å². The van der Waals surface area contributed by atoms with Crippen molar-refractivity contribution in [3.63, 3.8) is 0 Å². The lowest BCUT2D eigenvalue weighted by atomic mass is 9.87. The minimum absolute atomic E-state index is 0.0154. The van der Waals surface area contributed by atoms with E-state index in [4.69, 9.17) is 11.6 Å². The topological polar surface area (TPSA) is 28.5 Å². The van der Waals surface area contributed by atoms with Gasteiger partial charge in [-0.15, -0.1) is 0 Å². The minimum Gasteiger partial charge on any atom is -0.368 e. The van der Waals surface area contributed by atoms with Crippen LogP contribution in [0.4, 0.5) is 18.9 Å². The molecule has 0 unspecified atom stereocenters. The Labute approximate surface area is 218 Å². The molecule has 1 aromatic heterocycles. The molecule has 1 aliphatic heterocycles. The summed E-state index contributed by atoms with van der Waals surface area (Å²) in [6, 6.07) is 21.1. The van der Waals surface area contributed by atoms with Crippen LogP contribution in [0.2, 0.25) is 5.02 Å². The Kier molecular flexibility index (Phi) is 6.90. The highest BCUT2D eigenvalue weighted by Crippen LogP contribution is 2.36. The van der Waals surface area contributed by atoms with E-state index in [9.17, 15) is 18.0 Å². The zero-order valence-corrected chi connectivity index (χ0v) is 21.1. The maximum Gasteiger partial charge on any atom is 0.416 e. The first-order valence-corrected chi connectivity index (χ1v) is 12.6. The first kappa shape index (κ1) is 25.2. The molecule has 192 valence electrons. The van der Waals surface area contributed by atoms with Gasteiger partial charge in [-0.1, -0.05) is 48.0 Å². The summed E-state index contributed by atoms with van der Waals surface area (Å²) >= 11 is 6.32. The van der Waals surface area contributed by atoms with E-state index in [2.05, 4.69) is 22.9 Å². The Balaban J connectivity index is 1.35. The molecule has 0 aliphatic carbocycles. The molecule has 0 saturated carbocycles. The van der Waals surface area contributed by atoms with Crippen molar-refractivity contribution in [1.82, 2.24) is 9.47 Å². The van der Waals surface area contributed by atoms with E-state index < -0.39 is 11.7 Å². The monoisotopic (exact) mass is 525 g/mol. The van der Waals surface area contributed by atoms with Crippen molar-refractivity contribution in [2.75, 3.05) is 31.1 Å². The van der Waals surface area contributed by atoms with Crippen LogP contribution in [-0.4, -0.2) is 41.6 Å². The fourth-order valence-corrected chi connectivity index (χ4v) is 5.38. The molecule has 0 spiro atoms. The molecule has 4 nitrogen and oxygen atoms in total. The largest absolute Gasteiger partial charge is 0.416 e. The van der Waals surface area contributed by atoms with Crippen LogP contribution in [0.25, 0.3) is 10.9 Å². The van der Waals surface area contributed by atoms with Crippen LogP contribution >= 0.6 is 11.6 Å². The molecule has 4 aromatic rings. The summed E-state index contributed by atoms with van der Waals surface area (Å²) in [5.74, 6) is -0.166. The predicted molar refractivity (Wildman–Crippen MR) is 141 cm³/mol. The van der Waals surface area contributed by atoms with Gasteiger partial charge in [-0.3, -0.25) is 4.79 Å².